The number of ether oxygens (including phenoxy) is 1. The van der Waals surface area contributed by atoms with Crippen molar-refractivity contribution in [1.82, 2.24) is 14.8 Å². The molecule has 4 heterocycles. The van der Waals surface area contributed by atoms with E-state index in [4.69, 9.17) is 4.74 Å². The Morgan fingerprint density at radius 1 is 1.06 bits per heavy atom. The Morgan fingerprint density at radius 2 is 1.77 bits per heavy atom. The van der Waals surface area contributed by atoms with Crippen molar-refractivity contribution in [3.8, 4) is 0 Å². The summed E-state index contributed by atoms with van der Waals surface area (Å²) in [6.07, 6.45) is 4.06. The maximum absolute atomic E-state index is 12.3. The zero-order valence-corrected chi connectivity index (χ0v) is 18.8. The Hall–Kier alpha value is -2.77. The van der Waals surface area contributed by atoms with Gasteiger partial charge >= 0.3 is 6.09 Å². The molecule has 3 fully saturated rings. The van der Waals surface area contributed by atoms with Crippen molar-refractivity contribution in [2.75, 3.05) is 62.2 Å². The number of hydrogen-bond donors (Lipinski definition) is 0. The average molecular weight is 428 g/mol. The van der Waals surface area contributed by atoms with E-state index >= 15 is 0 Å². The van der Waals surface area contributed by atoms with E-state index in [1.165, 1.54) is 6.08 Å². The standard InChI is InChI=1S/C23H33N5O3/c1-5-20(29)27-9-7-23(15-27)16-28(17-23)19-14-18(6-8-24-19)25-10-12-26(13-11-25)21(30)31-22(2,3)4/h5-6,8,14H,1,7,9-13,15-17H2,2-4H3. The number of carbonyl (C=O) groups is 2. The second-order valence-electron chi connectivity index (χ2n) is 9.90. The van der Waals surface area contributed by atoms with Gasteiger partial charge in [0.1, 0.15) is 11.4 Å². The first-order valence-corrected chi connectivity index (χ1v) is 11.0. The Balaban J connectivity index is 1.32. The number of rotatable bonds is 3. The monoisotopic (exact) mass is 427 g/mol. The van der Waals surface area contributed by atoms with Crippen LogP contribution < -0.4 is 9.80 Å². The number of likely N-dealkylation sites (tertiary alicyclic amines) is 1. The maximum Gasteiger partial charge on any atom is 0.410 e. The van der Waals surface area contributed by atoms with Gasteiger partial charge in [-0.25, -0.2) is 9.78 Å². The van der Waals surface area contributed by atoms with Crippen molar-refractivity contribution in [2.45, 2.75) is 32.8 Å². The van der Waals surface area contributed by atoms with Crippen molar-refractivity contribution in [2.24, 2.45) is 5.41 Å². The van der Waals surface area contributed by atoms with Crippen LogP contribution in [-0.4, -0.2) is 84.7 Å². The molecule has 3 saturated heterocycles. The van der Waals surface area contributed by atoms with E-state index < -0.39 is 5.60 Å². The van der Waals surface area contributed by atoms with Crippen molar-refractivity contribution in [3.05, 3.63) is 31.0 Å². The Bertz CT molecular complexity index is 851. The van der Waals surface area contributed by atoms with Gasteiger partial charge in [0.05, 0.1) is 0 Å². The highest BCUT2D eigenvalue weighted by Gasteiger charge is 2.48. The quantitative estimate of drug-likeness (QED) is 0.690. The number of pyridine rings is 1. The Kier molecular flexibility index (Phi) is 5.58. The van der Waals surface area contributed by atoms with Crippen LogP contribution in [0.15, 0.2) is 31.0 Å². The normalized spacial score (nSPS) is 20.6. The molecule has 0 aliphatic carbocycles. The molecule has 4 rings (SSSR count). The van der Waals surface area contributed by atoms with E-state index in [1.807, 2.05) is 37.9 Å². The molecule has 8 nitrogen and oxygen atoms in total. The van der Waals surface area contributed by atoms with E-state index in [1.54, 1.807) is 4.90 Å². The highest BCUT2D eigenvalue weighted by atomic mass is 16.6. The van der Waals surface area contributed by atoms with Gasteiger partial charge in [-0.2, -0.15) is 0 Å². The summed E-state index contributed by atoms with van der Waals surface area (Å²) in [5.41, 5.74) is 0.845. The molecule has 3 aliphatic heterocycles. The number of hydrogen-bond acceptors (Lipinski definition) is 6. The molecule has 2 amide bonds. The van der Waals surface area contributed by atoms with Crippen LogP contribution in [-0.2, 0) is 9.53 Å². The van der Waals surface area contributed by atoms with Crippen LogP contribution in [0.1, 0.15) is 27.2 Å². The molecule has 3 aliphatic rings. The Labute approximate surface area is 184 Å². The maximum atomic E-state index is 12.3. The highest BCUT2D eigenvalue weighted by Crippen LogP contribution is 2.41. The van der Waals surface area contributed by atoms with E-state index in [9.17, 15) is 9.59 Å². The molecule has 0 bridgehead atoms. The van der Waals surface area contributed by atoms with Gasteiger partial charge < -0.3 is 24.3 Å². The first-order valence-electron chi connectivity index (χ1n) is 11.0. The fraction of sp³-hybridized carbons (Fsp3) is 0.609. The predicted molar refractivity (Wildman–Crippen MR) is 120 cm³/mol. The molecular weight excluding hydrogens is 394 g/mol. The zero-order valence-electron chi connectivity index (χ0n) is 18.8. The third-order valence-electron chi connectivity index (χ3n) is 6.33. The minimum atomic E-state index is -0.474. The highest BCUT2D eigenvalue weighted by molar-refractivity contribution is 5.87. The first kappa shape index (κ1) is 21.5. The minimum Gasteiger partial charge on any atom is -0.444 e. The SMILES string of the molecule is C=CC(=O)N1CCC2(C1)CN(c1cc(N3CCN(C(=O)OC(C)(C)C)CC3)ccn1)C2. The number of carbonyl (C=O) groups excluding carboxylic acids is 2. The summed E-state index contributed by atoms with van der Waals surface area (Å²) in [6.45, 7) is 15.6. The summed E-state index contributed by atoms with van der Waals surface area (Å²) in [6, 6.07) is 4.17. The van der Waals surface area contributed by atoms with Gasteiger partial charge in [-0.1, -0.05) is 6.58 Å². The third-order valence-corrected chi connectivity index (χ3v) is 6.33. The fourth-order valence-electron chi connectivity index (χ4n) is 4.69. The van der Waals surface area contributed by atoms with E-state index in [2.05, 4.69) is 27.4 Å². The lowest BCUT2D eigenvalue weighted by molar-refractivity contribution is -0.125. The molecule has 0 N–H and O–H groups in total. The van der Waals surface area contributed by atoms with Gasteiger partial charge in [0.2, 0.25) is 5.91 Å². The number of aromatic nitrogens is 1. The van der Waals surface area contributed by atoms with Gasteiger partial charge in [0.15, 0.2) is 0 Å². The van der Waals surface area contributed by atoms with Crippen LogP contribution in [0.25, 0.3) is 0 Å². The first-order chi connectivity index (χ1) is 14.7. The summed E-state index contributed by atoms with van der Waals surface area (Å²) < 4.78 is 5.49. The van der Waals surface area contributed by atoms with E-state index in [0.29, 0.717) is 13.1 Å². The summed E-state index contributed by atoms with van der Waals surface area (Å²) in [5.74, 6) is 1.01. The molecule has 1 aromatic heterocycles. The minimum absolute atomic E-state index is 0.0287. The second kappa shape index (κ2) is 8.05. The van der Waals surface area contributed by atoms with E-state index in [0.717, 1.165) is 57.2 Å². The molecule has 0 aromatic carbocycles. The number of piperazine rings is 1. The number of anilines is 2. The van der Waals surface area contributed by atoms with Crippen molar-refractivity contribution in [1.29, 1.82) is 0 Å². The van der Waals surface area contributed by atoms with Crippen molar-refractivity contribution in [3.63, 3.8) is 0 Å². The fourth-order valence-corrected chi connectivity index (χ4v) is 4.69. The lowest BCUT2D eigenvalue weighted by atomic mass is 9.79. The van der Waals surface area contributed by atoms with Gasteiger partial charge in [0.25, 0.3) is 0 Å². The molecule has 8 heteroatoms. The molecule has 0 saturated carbocycles. The molecule has 1 aromatic rings. The van der Waals surface area contributed by atoms with Crippen LogP contribution in [0, 0.1) is 5.41 Å². The molecule has 1 spiro atoms. The molecule has 168 valence electrons. The number of amides is 2. The smallest absolute Gasteiger partial charge is 0.410 e. The third kappa shape index (κ3) is 4.62. The van der Waals surface area contributed by atoms with Crippen molar-refractivity contribution < 1.29 is 14.3 Å². The number of nitrogens with zero attached hydrogens (tertiary/aromatic N) is 5. The van der Waals surface area contributed by atoms with Gasteiger partial charge in [-0.05, 0) is 39.3 Å². The van der Waals surface area contributed by atoms with Crippen LogP contribution in [0.4, 0.5) is 16.3 Å². The summed E-state index contributed by atoms with van der Waals surface area (Å²) in [4.78, 5) is 37.0. The summed E-state index contributed by atoms with van der Waals surface area (Å²) in [7, 11) is 0. The van der Waals surface area contributed by atoms with Gasteiger partial charge in [-0.15, -0.1) is 0 Å². The summed E-state index contributed by atoms with van der Waals surface area (Å²) in [5, 5.41) is 0. The van der Waals surface area contributed by atoms with Gasteiger partial charge in [-0.3, -0.25) is 4.79 Å². The summed E-state index contributed by atoms with van der Waals surface area (Å²) >= 11 is 0. The average Bonchev–Trinajstić information content (AvgIpc) is 3.17. The Morgan fingerprint density at radius 3 is 2.42 bits per heavy atom. The van der Waals surface area contributed by atoms with Crippen LogP contribution >= 0.6 is 0 Å². The van der Waals surface area contributed by atoms with Crippen LogP contribution in [0.5, 0.6) is 0 Å². The topological polar surface area (TPSA) is 69.2 Å². The van der Waals surface area contributed by atoms with Gasteiger partial charge in [0, 0.05) is 75.7 Å². The molecule has 0 atom stereocenters. The molecule has 31 heavy (non-hydrogen) atoms. The molecule has 0 radical (unpaired) electrons. The second-order valence-corrected chi connectivity index (χ2v) is 9.90. The molecule has 0 unspecified atom stereocenters. The van der Waals surface area contributed by atoms with Crippen molar-refractivity contribution >= 4 is 23.5 Å². The lowest BCUT2D eigenvalue weighted by Crippen LogP contribution is -2.58. The zero-order chi connectivity index (χ0) is 22.2. The van der Waals surface area contributed by atoms with E-state index in [-0.39, 0.29) is 17.4 Å². The predicted octanol–water partition coefficient (Wildman–Crippen LogP) is 2.36. The largest absolute Gasteiger partial charge is 0.444 e. The van der Waals surface area contributed by atoms with Crippen LogP contribution in [0.3, 0.4) is 0 Å². The molecular formula is C23H33N5O3. The lowest BCUT2D eigenvalue weighted by Gasteiger charge is -2.48. The van der Waals surface area contributed by atoms with Crippen LogP contribution in [0.2, 0.25) is 0 Å².